The molecule has 3 aromatic carbocycles. The first-order valence-corrected chi connectivity index (χ1v) is 13.1. The van der Waals surface area contributed by atoms with Gasteiger partial charge in [0.05, 0.1) is 16.3 Å². The van der Waals surface area contributed by atoms with E-state index in [0.717, 1.165) is 39.7 Å². The Bertz CT molecular complexity index is 1520. The number of carbonyl (C=O) groups excluding carboxylic acids is 2. The minimum atomic E-state index is -0.391. The number of fused-ring (bicyclic) bond motifs is 1. The van der Waals surface area contributed by atoms with E-state index in [1.54, 1.807) is 18.2 Å². The fourth-order valence-electron chi connectivity index (χ4n) is 4.34. The summed E-state index contributed by atoms with van der Waals surface area (Å²) in [6, 6.07) is 18.4. The Balaban J connectivity index is 1.27. The van der Waals surface area contributed by atoms with Gasteiger partial charge in [0.2, 0.25) is 5.91 Å². The molecule has 2 N–H and O–H groups in total. The second-order valence-corrected chi connectivity index (χ2v) is 11.5. The van der Waals surface area contributed by atoms with Crippen LogP contribution in [0.2, 0.25) is 0 Å². The van der Waals surface area contributed by atoms with Crippen molar-refractivity contribution in [3.05, 3.63) is 77.6 Å². The second kappa shape index (κ2) is 10.1. The van der Waals surface area contributed by atoms with Crippen LogP contribution in [0.5, 0.6) is 23.0 Å². The highest BCUT2D eigenvalue weighted by Gasteiger charge is 2.31. The molecule has 1 aliphatic rings. The number of imidazole rings is 1. The summed E-state index contributed by atoms with van der Waals surface area (Å²) in [5.41, 5.74) is 3.42. The Hall–Kier alpha value is -3.98. The summed E-state index contributed by atoms with van der Waals surface area (Å²) in [6.45, 7) is 6.51. The number of aryl methyl sites for hydroxylation is 1. The van der Waals surface area contributed by atoms with Gasteiger partial charge >= 0.3 is 0 Å². The number of thioether (sulfide) groups is 1. The highest BCUT2D eigenvalue weighted by atomic mass is 32.2. The topological polar surface area (TPSA) is 103 Å². The zero-order valence-electron chi connectivity index (χ0n) is 21.6. The van der Waals surface area contributed by atoms with Gasteiger partial charge < -0.3 is 19.1 Å². The molecule has 0 spiro atoms. The van der Waals surface area contributed by atoms with Gasteiger partial charge in [-0.2, -0.15) is 0 Å². The van der Waals surface area contributed by atoms with Crippen molar-refractivity contribution in [3.8, 4) is 23.0 Å². The van der Waals surface area contributed by atoms with Crippen LogP contribution in [0.4, 0.5) is 4.79 Å². The van der Waals surface area contributed by atoms with E-state index in [1.807, 2.05) is 54.1 Å². The SMILES string of the molecule is Cn1c(COc2ccc(CC3SC(=O)NC3=O)cc2)nc2ccc(Oc3ccc(O)cc3C(C)(C)C)cc21. The highest BCUT2D eigenvalue weighted by Crippen LogP contribution is 2.37. The maximum atomic E-state index is 11.8. The first kappa shape index (κ1) is 25.7. The maximum absolute atomic E-state index is 11.8. The lowest BCUT2D eigenvalue weighted by atomic mass is 9.86. The summed E-state index contributed by atoms with van der Waals surface area (Å²) in [4.78, 5) is 27.9. The van der Waals surface area contributed by atoms with Crippen molar-refractivity contribution >= 4 is 33.9 Å². The number of aromatic hydroxyl groups is 1. The molecule has 1 unspecified atom stereocenters. The molecule has 0 radical (unpaired) electrons. The number of carbonyl (C=O) groups is 2. The molecule has 5 rings (SSSR count). The summed E-state index contributed by atoms with van der Waals surface area (Å²) in [7, 11) is 1.94. The zero-order valence-corrected chi connectivity index (χ0v) is 22.5. The number of phenols is 1. The number of amides is 2. The third kappa shape index (κ3) is 5.47. The van der Waals surface area contributed by atoms with Crippen LogP contribution >= 0.6 is 11.8 Å². The van der Waals surface area contributed by atoms with E-state index in [-0.39, 0.29) is 28.9 Å². The average molecular weight is 532 g/mol. The van der Waals surface area contributed by atoms with Gasteiger partial charge in [0.25, 0.3) is 5.24 Å². The Labute approximate surface area is 225 Å². The molecule has 1 aromatic heterocycles. The van der Waals surface area contributed by atoms with E-state index >= 15 is 0 Å². The van der Waals surface area contributed by atoms with Crippen molar-refractivity contribution < 1.29 is 24.2 Å². The van der Waals surface area contributed by atoms with Crippen LogP contribution in [0.3, 0.4) is 0 Å². The Morgan fingerprint density at radius 3 is 2.45 bits per heavy atom. The first-order valence-electron chi connectivity index (χ1n) is 12.3. The molecule has 9 heteroatoms. The molecule has 0 bridgehead atoms. The number of rotatable bonds is 7. The Kier molecular flexibility index (Phi) is 6.79. The van der Waals surface area contributed by atoms with Gasteiger partial charge in [-0.25, -0.2) is 4.98 Å². The molecule has 2 amide bonds. The van der Waals surface area contributed by atoms with Crippen LogP contribution in [0, 0.1) is 0 Å². The monoisotopic (exact) mass is 531 g/mol. The van der Waals surface area contributed by atoms with Gasteiger partial charge in [-0.1, -0.05) is 44.7 Å². The van der Waals surface area contributed by atoms with E-state index in [1.165, 1.54) is 0 Å². The van der Waals surface area contributed by atoms with Crippen LogP contribution in [-0.4, -0.2) is 31.1 Å². The third-order valence-electron chi connectivity index (χ3n) is 6.42. The fourth-order valence-corrected chi connectivity index (χ4v) is 5.20. The normalized spacial score (nSPS) is 15.6. The zero-order chi connectivity index (χ0) is 27.0. The number of nitrogens with zero attached hydrogens (tertiary/aromatic N) is 2. The smallest absolute Gasteiger partial charge is 0.286 e. The number of aromatic nitrogens is 2. The minimum Gasteiger partial charge on any atom is -0.508 e. The molecule has 196 valence electrons. The molecule has 1 atom stereocenters. The molecule has 0 saturated carbocycles. The quantitative estimate of drug-likeness (QED) is 0.309. The van der Waals surface area contributed by atoms with Gasteiger partial charge in [0.1, 0.15) is 35.4 Å². The van der Waals surface area contributed by atoms with E-state index in [0.29, 0.717) is 23.7 Å². The van der Waals surface area contributed by atoms with E-state index in [4.69, 9.17) is 14.5 Å². The first-order chi connectivity index (χ1) is 18.1. The summed E-state index contributed by atoms with van der Waals surface area (Å²) >= 11 is 1.03. The molecule has 0 aliphatic carbocycles. The number of imide groups is 1. The molecular weight excluding hydrogens is 502 g/mol. The van der Waals surface area contributed by atoms with Crippen LogP contribution in [0.15, 0.2) is 60.7 Å². The molecule has 1 aliphatic heterocycles. The summed E-state index contributed by atoms with van der Waals surface area (Å²) < 4.78 is 14.2. The molecule has 1 fully saturated rings. The predicted molar refractivity (Wildman–Crippen MR) is 147 cm³/mol. The largest absolute Gasteiger partial charge is 0.508 e. The van der Waals surface area contributed by atoms with E-state index < -0.39 is 5.25 Å². The van der Waals surface area contributed by atoms with Crippen LogP contribution in [-0.2, 0) is 30.3 Å². The lowest BCUT2D eigenvalue weighted by Gasteiger charge is -2.23. The fraction of sp³-hybridized carbons (Fsp3) is 0.276. The molecule has 8 nitrogen and oxygen atoms in total. The summed E-state index contributed by atoms with van der Waals surface area (Å²) in [5, 5.41) is 11.6. The van der Waals surface area contributed by atoms with Crippen molar-refractivity contribution in [2.24, 2.45) is 7.05 Å². The van der Waals surface area contributed by atoms with Gasteiger partial charge in [-0.05, 0) is 59.9 Å². The standard InChI is InChI=1S/C29H29N3O5S/c1-29(2,3)21-14-18(33)7-12-24(21)37-20-10-11-22-23(15-20)32(4)26(30-22)16-36-19-8-5-17(6-9-19)13-25-27(34)31-28(35)38-25/h5-12,14-15,25,33H,13,16H2,1-4H3,(H,31,34,35). The maximum Gasteiger partial charge on any atom is 0.286 e. The molecule has 4 aromatic rings. The van der Waals surface area contributed by atoms with Crippen LogP contribution < -0.4 is 14.8 Å². The third-order valence-corrected chi connectivity index (χ3v) is 7.40. The number of ether oxygens (including phenoxy) is 2. The van der Waals surface area contributed by atoms with E-state index in [2.05, 4.69) is 26.1 Å². The van der Waals surface area contributed by atoms with Crippen molar-refractivity contribution in [1.82, 2.24) is 14.9 Å². The molecule has 1 saturated heterocycles. The molecule has 2 heterocycles. The van der Waals surface area contributed by atoms with Crippen molar-refractivity contribution in [3.63, 3.8) is 0 Å². The lowest BCUT2D eigenvalue weighted by Crippen LogP contribution is -2.25. The van der Waals surface area contributed by atoms with E-state index in [9.17, 15) is 14.7 Å². The second-order valence-electron chi connectivity index (χ2n) is 10.3. The minimum absolute atomic E-state index is 0.198. The number of nitrogens with one attached hydrogen (secondary N) is 1. The van der Waals surface area contributed by atoms with Crippen molar-refractivity contribution in [2.45, 2.75) is 44.5 Å². The lowest BCUT2D eigenvalue weighted by molar-refractivity contribution is -0.118. The predicted octanol–water partition coefficient (Wildman–Crippen LogP) is 5.84. The van der Waals surface area contributed by atoms with Gasteiger partial charge in [0, 0.05) is 18.7 Å². The van der Waals surface area contributed by atoms with Gasteiger partial charge in [-0.3, -0.25) is 14.9 Å². The van der Waals surface area contributed by atoms with Crippen LogP contribution in [0.1, 0.15) is 37.7 Å². The highest BCUT2D eigenvalue weighted by molar-refractivity contribution is 8.15. The van der Waals surface area contributed by atoms with Crippen molar-refractivity contribution in [1.29, 1.82) is 0 Å². The number of hydrogen-bond donors (Lipinski definition) is 2. The average Bonchev–Trinajstić information content (AvgIpc) is 3.36. The van der Waals surface area contributed by atoms with Gasteiger partial charge in [-0.15, -0.1) is 0 Å². The number of benzene rings is 3. The van der Waals surface area contributed by atoms with Crippen molar-refractivity contribution in [2.75, 3.05) is 0 Å². The number of hydrogen-bond acceptors (Lipinski definition) is 7. The Morgan fingerprint density at radius 2 is 1.76 bits per heavy atom. The van der Waals surface area contributed by atoms with Crippen LogP contribution in [0.25, 0.3) is 11.0 Å². The number of phenolic OH excluding ortho intramolecular Hbond substituents is 1. The molecular formula is C29H29N3O5S. The molecule has 38 heavy (non-hydrogen) atoms. The summed E-state index contributed by atoms with van der Waals surface area (Å²) in [5.74, 6) is 2.79. The Morgan fingerprint density at radius 1 is 1.03 bits per heavy atom. The summed E-state index contributed by atoms with van der Waals surface area (Å²) in [6.07, 6.45) is 0.485. The van der Waals surface area contributed by atoms with Gasteiger partial charge in [0.15, 0.2) is 0 Å².